The van der Waals surface area contributed by atoms with Crippen LogP contribution in [0.1, 0.15) is 43.1 Å². The number of nitrogens with zero attached hydrogens (tertiary/aromatic N) is 1. The molecule has 114 valence electrons. The highest BCUT2D eigenvalue weighted by atomic mass is 32.1. The van der Waals surface area contributed by atoms with E-state index < -0.39 is 11.6 Å². The Morgan fingerprint density at radius 1 is 1.29 bits per heavy atom. The molecule has 0 radical (unpaired) electrons. The van der Waals surface area contributed by atoms with Crippen LogP contribution in [0.3, 0.4) is 0 Å². The zero-order valence-corrected chi connectivity index (χ0v) is 13.5. The first-order valence-corrected chi connectivity index (χ1v) is 7.76. The zero-order valence-electron chi connectivity index (χ0n) is 12.7. The van der Waals surface area contributed by atoms with E-state index in [1.165, 1.54) is 12.1 Å². The second kappa shape index (κ2) is 6.20. The van der Waals surface area contributed by atoms with E-state index in [2.05, 4.69) is 31.1 Å². The molecule has 2 rings (SSSR count). The third-order valence-corrected chi connectivity index (χ3v) is 4.26. The average molecular weight is 310 g/mol. The van der Waals surface area contributed by atoms with Crippen LogP contribution in [0.5, 0.6) is 0 Å². The molecule has 0 aliphatic carbocycles. The molecule has 0 amide bonds. The molecule has 1 aromatic heterocycles. The molecule has 0 saturated heterocycles. The quantitative estimate of drug-likeness (QED) is 0.914. The molecular formula is C16H20F2N2S. The number of halogens is 2. The minimum absolute atomic E-state index is 0.00498. The summed E-state index contributed by atoms with van der Waals surface area (Å²) in [6, 6.07) is 3.47. The van der Waals surface area contributed by atoms with E-state index in [1.54, 1.807) is 18.4 Å². The van der Waals surface area contributed by atoms with Gasteiger partial charge in [0.05, 0.1) is 10.7 Å². The normalized spacial score (nSPS) is 13.4. The third kappa shape index (κ3) is 3.86. The van der Waals surface area contributed by atoms with Gasteiger partial charge in [0.2, 0.25) is 0 Å². The largest absolute Gasteiger partial charge is 0.313 e. The standard InChI is InChI=1S/C16H20F2N2S/c1-16(2,3)14-9-21-15(20-14)8-13(19-4)11-6-5-10(17)7-12(11)18/h5-7,9,13,19H,8H2,1-4H3. The summed E-state index contributed by atoms with van der Waals surface area (Å²) in [4.78, 5) is 4.62. The van der Waals surface area contributed by atoms with Crippen molar-refractivity contribution < 1.29 is 8.78 Å². The number of hydrogen-bond acceptors (Lipinski definition) is 3. The monoisotopic (exact) mass is 310 g/mol. The lowest BCUT2D eigenvalue weighted by molar-refractivity contribution is 0.518. The molecule has 0 aliphatic heterocycles. The molecule has 2 aromatic rings. The second-order valence-electron chi connectivity index (χ2n) is 6.09. The van der Waals surface area contributed by atoms with Crippen LogP contribution in [0, 0.1) is 11.6 Å². The van der Waals surface area contributed by atoms with E-state index in [-0.39, 0.29) is 11.5 Å². The van der Waals surface area contributed by atoms with E-state index in [4.69, 9.17) is 0 Å². The number of hydrogen-bond donors (Lipinski definition) is 1. The summed E-state index contributed by atoms with van der Waals surface area (Å²) in [6.45, 7) is 6.34. The Bertz CT molecular complexity index is 617. The molecule has 1 aromatic carbocycles. The first kappa shape index (κ1) is 16.0. The molecular weight excluding hydrogens is 290 g/mol. The molecule has 1 unspecified atom stereocenters. The molecule has 1 heterocycles. The minimum Gasteiger partial charge on any atom is -0.313 e. The SMILES string of the molecule is CNC(Cc1nc(C(C)(C)C)cs1)c1ccc(F)cc1F. The van der Waals surface area contributed by atoms with Crippen molar-refractivity contribution >= 4 is 11.3 Å². The van der Waals surface area contributed by atoms with Crippen LogP contribution in [-0.2, 0) is 11.8 Å². The molecule has 1 atom stereocenters. The Morgan fingerprint density at radius 2 is 2.00 bits per heavy atom. The van der Waals surface area contributed by atoms with Gasteiger partial charge in [-0.3, -0.25) is 0 Å². The highest BCUT2D eigenvalue weighted by Gasteiger charge is 2.20. The number of thiazole rings is 1. The Kier molecular flexibility index (Phi) is 4.74. The van der Waals surface area contributed by atoms with Gasteiger partial charge in [-0.05, 0) is 13.1 Å². The van der Waals surface area contributed by atoms with Gasteiger partial charge in [-0.25, -0.2) is 13.8 Å². The van der Waals surface area contributed by atoms with E-state index in [1.807, 2.05) is 5.38 Å². The lowest BCUT2D eigenvalue weighted by atomic mass is 9.93. The number of rotatable bonds is 4. The van der Waals surface area contributed by atoms with E-state index in [0.717, 1.165) is 16.8 Å². The number of nitrogens with one attached hydrogen (secondary N) is 1. The smallest absolute Gasteiger partial charge is 0.130 e. The first-order valence-electron chi connectivity index (χ1n) is 6.88. The van der Waals surface area contributed by atoms with Gasteiger partial charge in [0.25, 0.3) is 0 Å². The van der Waals surface area contributed by atoms with Crippen LogP contribution in [0.4, 0.5) is 8.78 Å². The molecule has 0 spiro atoms. The molecule has 0 bridgehead atoms. The van der Waals surface area contributed by atoms with Crippen molar-refractivity contribution in [2.75, 3.05) is 7.05 Å². The maximum absolute atomic E-state index is 13.9. The topological polar surface area (TPSA) is 24.9 Å². The predicted octanol–water partition coefficient (Wildman–Crippen LogP) is 4.22. The van der Waals surface area contributed by atoms with E-state index >= 15 is 0 Å². The van der Waals surface area contributed by atoms with Gasteiger partial charge in [-0.15, -0.1) is 11.3 Å². The van der Waals surface area contributed by atoms with E-state index in [9.17, 15) is 8.78 Å². The number of likely N-dealkylation sites (N-methyl/N-ethyl adjacent to an activating group) is 1. The molecule has 0 fully saturated rings. The summed E-state index contributed by atoms with van der Waals surface area (Å²) in [5.74, 6) is -1.09. The van der Waals surface area contributed by atoms with Crippen LogP contribution in [0.25, 0.3) is 0 Å². The van der Waals surface area contributed by atoms with Crippen LogP contribution in [-0.4, -0.2) is 12.0 Å². The molecule has 0 saturated carbocycles. The van der Waals surface area contributed by atoms with Crippen molar-refractivity contribution in [1.29, 1.82) is 0 Å². The predicted molar refractivity (Wildman–Crippen MR) is 82.7 cm³/mol. The lowest BCUT2D eigenvalue weighted by Gasteiger charge is -2.17. The van der Waals surface area contributed by atoms with Gasteiger partial charge in [0.1, 0.15) is 11.6 Å². The van der Waals surface area contributed by atoms with Crippen molar-refractivity contribution in [1.82, 2.24) is 10.3 Å². The molecule has 0 aliphatic rings. The van der Waals surface area contributed by atoms with Crippen molar-refractivity contribution in [2.24, 2.45) is 0 Å². The fourth-order valence-corrected chi connectivity index (χ4v) is 3.14. The lowest BCUT2D eigenvalue weighted by Crippen LogP contribution is -2.20. The summed E-state index contributed by atoms with van der Waals surface area (Å²) in [7, 11) is 1.77. The zero-order chi connectivity index (χ0) is 15.6. The van der Waals surface area contributed by atoms with Crippen molar-refractivity contribution in [3.05, 3.63) is 51.5 Å². The molecule has 1 N–H and O–H groups in total. The number of aromatic nitrogens is 1. The fraction of sp³-hybridized carbons (Fsp3) is 0.438. The third-order valence-electron chi connectivity index (χ3n) is 3.39. The second-order valence-corrected chi connectivity index (χ2v) is 7.03. The van der Waals surface area contributed by atoms with E-state index in [0.29, 0.717) is 12.0 Å². The average Bonchev–Trinajstić information content (AvgIpc) is 2.85. The van der Waals surface area contributed by atoms with Crippen molar-refractivity contribution in [2.45, 2.75) is 38.6 Å². The Morgan fingerprint density at radius 3 is 2.52 bits per heavy atom. The first-order chi connectivity index (χ1) is 9.81. The summed E-state index contributed by atoms with van der Waals surface area (Å²) < 4.78 is 26.9. The van der Waals surface area contributed by atoms with Crippen LogP contribution >= 0.6 is 11.3 Å². The van der Waals surface area contributed by atoms with Gasteiger partial charge in [-0.2, -0.15) is 0 Å². The van der Waals surface area contributed by atoms with Crippen molar-refractivity contribution in [3.8, 4) is 0 Å². The highest BCUT2D eigenvalue weighted by molar-refractivity contribution is 7.09. The fourth-order valence-electron chi connectivity index (χ4n) is 2.08. The summed E-state index contributed by atoms with van der Waals surface area (Å²) in [5, 5.41) is 6.07. The highest BCUT2D eigenvalue weighted by Crippen LogP contribution is 2.27. The number of benzene rings is 1. The maximum atomic E-state index is 13.9. The van der Waals surface area contributed by atoms with Crippen LogP contribution < -0.4 is 5.32 Å². The Labute approximate surface area is 128 Å². The van der Waals surface area contributed by atoms with Gasteiger partial charge in [0, 0.05) is 34.9 Å². The van der Waals surface area contributed by atoms with Gasteiger partial charge in [-0.1, -0.05) is 26.8 Å². The summed E-state index contributed by atoms with van der Waals surface area (Å²) in [5.41, 5.74) is 1.51. The summed E-state index contributed by atoms with van der Waals surface area (Å²) in [6.07, 6.45) is 0.583. The van der Waals surface area contributed by atoms with Gasteiger partial charge < -0.3 is 5.32 Å². The maximum Gasteiger partial charge on any atom is 0.130 e. The minimum atomic E-state index is -0.560. The molecule has 2 nitrogen and oxygen atoms in total. The van der Waals surface area contributed by atoms with Crippen LogP contribution in [0.15, 0.2) is 23.6 Å². The van der Waals surface area contributed by atoms with Crippen LogP contribution in [0.2, 0.25) is 0 Å². The summed E-state index contributed by atoms with van der Waals surface area (Å²) >= 11 is 1.58. The van der Waals surface area contributed by atoms with Gasteiger partial charge in [0.15, 0.2) is 0 Å². The Hall–Kier alpha value is -1.33. The van der Waals surface area contributed by atoms with Gasteiger partial charge >= 0.3 is 0 Å². The Balaban J connectivity index is 2.21. The molecule has 5 heteroatoms. The molecule has 21 heavy (non-hydrogen) atoms. The van der Waals surface area contributed by atoms with Crippen molar-refractivity contribution in [3.63, 3.8) is 0 Å².